The molecule has 2 aromatic carbocycles. The Labute approximate surface area is 122 Å². The van der Waals surface area contributed by atoms with Crippen molar-refractivity contribution in [3.8, 4) is 6.07 Å². The van der Waals surface area contributed by atoms with Gasteiger partial charge in [-0.2, -0.15) is 5.26 Å². The minimum absolute atomic E-state index is 0.250. The Morgan fingerprint density at radius 3 is 2.35 bits per heavy atom. The second-order valence-electron chi connectivity index (χ2n) is 4.22. The van der Waals surface area contributed by atoms with Crippen LogP contribution in [0.1, 0.15) is 5.56 Å². The summed E-state index contributed by atoms with van der Waals surface area (Å²) in [6.45, 7) is 0. The van der Waals surface area contributed by atoms with Gasteiger partial charge in [0.1, 0.15) is 6.07 Å². The number of anilines is 2. The van der Waals surface area contributed by atoms with Gasteiger partial charge in [-0.05, 0) is 42.5 Å². The molecule has 0 saturated heterocycles. The first-order valence-electron chi connectivity index (χ1n) is 5.67. The highest BCUT2D eigenvalue weighted by atomic mass is 35.5. The fourth-order valence-electron chi connectivity index (χ4n) is 1.66. The van der Waals surface area contributed by atoms with Crippen molar-refractivity contribution in [1.29, 1.82) is 5.26 Å². The van der Waals surface area contributed by atoms with Crippen molar-refractivity contribution < 1.29 is 8.42 Å². The number of hydrogen-bond acceptors (Lipinski definition) is 4. The van der Waals surface area contributed by atoms with Crippen LogP contribution in [0.3, 0.4) is 0 Å². The molecule has 1 N–H and O–H groups in total. The summed E-state index contributed by atoms with van der Waals surface area (Å²) >= 11 is 5.82. The van der Waals surface area contributed by atoms with E-state index in [4.69, 9.17) is 16.9 Å². The normalized spacial score (nSPS) is 10.8. The fourth-order valence-corrected chi connectivity index (χ4v) is 2.46. The molecule has 20 heavy (non-hydrogen) atoms. The van der Waals surface area contributed by atoms with Crippen LogP contribution in [0.25, 0.3) is 0 Å². The maximum atomic E-state index is 11.4. The van der Waals surface area contributed by atoms with Crippen LogP contribution in [0.2, 0.25) is 5.02 Å². The van der Waals surface area contributed by atoms with Crippen molar-refractivity contribution in [2.75, 3.05) is 11.6 Å². The molecule has 0 spiro atoms. The number of nitrogens with one attached hydrogen (secondary N) is 1. The van der Waals surface area contributed by atoms with Crippen molar-refractivity contribution in [3.63, 3.8) is 0 Å². The van der Waals surface area contributed by atoms with E-state index in [1.54, 1.807) is 30.3 Å². The lowest BCUT2D eigenvalue weighted by Gasteiger charge is -2.09. The highest BCUT2D eigenvalue weighted by Gasteiger charge is 2.07. The third-order valence-electron chi connectivity index (χ3n) is 2.66. The van der Waals surface area contributed by atoms with Gasteiger partial charge in [-0.15, -0.1) is 0 Å². The number of hydrogen-bond donors (Lipinski definition) is 1. The van der Waals surface area contributed by atoms with E-state index in [1.165, 1.54) is 12.1 Å². The standard InChI is InChI=1S/C14H11ClN2O2S/c1-20(18,19)13-5-3-12(4-6-13)17-14-7-2-11(15)8-10(14)9-16/h2-8,17H,1H3. The SMILES string of the molecule is CS(=O)(=O)c1ccc(Nc2ccc(Cl)cc2C#N)cc1. The third kappa shape index (κ3) is 3.29. The molecule has 2 rings (SSSR count). The first kappa shape index (κ1) is 14.4. The molecule has 6 heteroatoms. The zero-order chi connectivity index (χ0) is 14.8. The smallest absolute Gasteiger partial charge is 0.175 e. The van der Waals surface area contributed by atoms with Crippen molar-refractivity contribution in [1.82, 2.24) is 0 Å². The van der Waals surface area contributed by atoms with E-state index in [-0.39, 0.29) is 4.90 Å². The van der Waals surface area contributed by atoms with Crippen LogP contribution < -0.4 is 5.32 Å². The number of sulfone groups is 1. The quantitative estimate of drug-likeness (QED) is 0.944. The summed E-state index contributed by atoms with van der Waals surface area (Å²) in [7, 11) is -3.21. The van der Waals surface area contributed by atoms with Crippen LogP contribution >= 0.6 is 11.6 Å². The summed E-state index contributed by atoms with van der Waals surface area (Å²) in [5, 5.41) is 12.6. The minimum Gasteiger partial charge on any atom is -0.354 e. The van der Waals surface area contributed by atoms with Crippen LogP contribution in [-0.2, 0) is 9.84 Å². The highest BCUT2D eigenvalue weighted by Crippen LogP contribution is 2.24. The van der Waals surface area contributed by atoms with Crippen molar-refractivity contribution >= 4 is 32.8 Å². The first-order chi connectivity index (χ1) is 9.40. The predicted octanol–water partition coefficient (Wildman–Crippen LogP) is 3.36. The third-order valence-corrected chi connectivity index (χ3v) is 4.03. The van der Waals surface area contributed by atoms with Gasteiger partial charge in [0.2, 0.25) is 0 Å². The van der Waals surface area contributed by atoms with Gasteiger partial charge < -0.3 is 5.32 Å². The number of benzene rings is 2. The van der Waals surface area contributed by atoms with E-state index in [0.29, 0.717) is 22.0 Å². The molecule has 0 atom stereocenters. The Hall–Kier alpha value is -2.03. The molecule has 2 aromatic rings. The molecule has 0 heterocycles. The van der Waals surface area contributed by atoms with Crippen LogP contribution in [-0.4, -0.2) is 14.7 Å². The minimum atomic E-state index is -3.21. The summed E-state index contributed by atoms with van der Waals surface area (Å²) in [6.07, 6.45) is 1.16. The van der Waals surface area contributed by atoms with E-state index < -0.39 is 9.84 Å². The molecular weight excluding hydrogens is 296 g/mol. The Morgan fingerprint density at radius 1 is 1.15 bits per heavy atom. The summed E-state index contributed by atoms with van der Waals surface area (Å²) in [5.74, 6) is 0. The van der Waals surface area contributed by atoms with Gasteiger partial charge in [-0.3, -0.25) is 0 Å². The maximum Gasteiger partial charge on any atom is 0.175 e. The Morgan fingerprint density at radius 2 is 1.80 bits per heavy atom. The zero-order valence-corrected chi connectivity index (χ0v) is 12.2. The van der Waals surface area contributed by atoms with Gasteiger partial charge in [-0.1, -0.05) is 11.6 Å². The Kier molecular flexibility index (Phi) is 3.98. The number of nitriles is 1. The van der Waals surface area contributed by atoms with E-state index in [1.807, 2.05) is 6.07 Å². The highest BCUT2D eigenvalue weighted by molar-refractivity contribution is 7.90. The van der Waals surface area contributed by atoms with Crippen molar-refractivity contribution in [3.05, 3.63) is 53.1 Å². The maximum absolute atomic E-state index is 11.4. The second-order valence-corrected chi connectivity index (χ2v) is 6.68. The number of rotatable bonds is 3. The van der Waals surface area contributed by atoms with E-state index >= 15 is 0 Å². The topological polar surface area (TPSA) is 70.0 Å². The molecular formula is C14H11ClN2O2S. The van der Waals surface area contributed by atoms with Gasteiger partial charge in [0.25, 0.3) is 0 Å². The van der Waals surface area contributed by atoms with Crippen LogP contribution in [0.5, 0.6) is 0 Å². The molecule has 102 valence electrons. The summed E-state index contributed by atoms with van der Waals surface area (Å²) in [5.41, 5.74) is 1.73. The zero-order valence-electron chi connectivity index (χ0n) is 10.6. The van der Waals surface area contributed by atoms with Crippen LogP contribution in [0.15, 0.2) is 47.4 Å². The first-order valence-corrected chi connectivity index (χ1v) is 7.94. The lowest BCUT2D eigenvalue weighted by molar-refractivity contribution is 0.602. The number of nitrogens with zero attached hydrogens (tertiary/aromatic N) is 1. The molecule has 4 nitrogen and oxygen atoms in total. The van der Waals surface area contributed by atoms with Gasteiger partial charge in [0.15, 0.2) is 9.84 Å². The van der Waals surface area contributed by atoms with E-state index in [0.717, 1.165) is 6.26 Å². The lowest BCUT2D eigenvalue weighted by Crippen LogP contribution is -1.98. The number of halogens is 1. The predicted molar refractivity (Wildman–Crippen MR) is 79.0 cm³/mol. The Bertz CT molecular complexity index is 778. The van der Waals surface area contributed by atoms with Crippen LogP contribution in [0, 0.1) is 11.3 Å². The molecule has 0 aliphatic heterocycles. The average molecular weight is 307 g/mol. The fraction of sp³-hybridized carbons (Fsp3) is 0.0714. The molecule has 0 unspecified atom stereocenters. The van der Waals surface area contributed by atoms with E-state index in [9.17, 15) is 8.42 Å². The molecule has 0 bridgehead atoms. The van der Waals surface area contributed by atoms with Crippen LogP contribution in [0.4, 0.5) is 11.4 Å². The lowest BCUT2D eigenvalue weighted by atomic mass is 10.2. The molecule has 0 radical (unpaired) electrons. The molecule has 0 aromatic heterocycles. The molecule has 0 fully saturated rings. The summed E-state index contributed by atoms with van der Waals surface area (Å²) < 4.78 is 22.7. The molecule has 0 aliphatic carbocycles. The molecule has 0 aliphatic rings. The van der Waals surface area contributed by atoms with Gasteiger partial charge in [0, 0.05) is 17.0 Å². The van der Waals surface area contributed by atoms with Crippen molar-refractivity contribution in [2.45, 2.75) is 4.90 Å². The Balaban J connectivity index is 2.30. The van der Waals surface area contributed by atoms with Gasteiger partial charge in [-0.25, -0.2) is 8.42 Å². The largest absolute Gasteiger partial charge is 0.354 e. The van der Waals surface area contributed by atoms with E-state index in [2.05, 4.69) is 5.32 Å². The second kappa shape index (κ2) is 5.53. The summed E-state index contributed by atoms with van der Waals surface area (Å²) in [4.78, 5) is 0.250. The van der Waals surface area contributed by atoms with Crippen molar-refractivity contribution in [2.24, 2.45) is 0 Å². The molecule has 0 amide bonds. The summed E-state index contributed by atoms with van der Waals surface area (Å²) in [6, 6.07) is 13.3. The average Bonchev–Trinajstić information content (AvgIpc) is 2.40. The monoisotopic (exact) mass is 306 g/mol. The van der Waals surface area contributed by atoms with Gasteiger partial charge in [0.05, 0.1) is 16.1 Å². The molecule has 0 saturated carbocycles. The van der Waals surface area contributed by atoms with Gasteiger partial charge >= 0.3 is 0 Å².